The molecule has 136 valence electrons. The molecule has 0 bridgehead atoms. The van der Waals surface area contributed by atoms with Crippen LogP contribution in [0.3, 0.4) is 0 Å². The zero-order chi connectivity index (χ0) is 17.8. The monoisotopic (exact) mass is 448 g/mol. The summed E-state index contributed by atoms with van der Waals surface area (Å²) in [6.07, 6.45) is 3.92. The molecule has 0 N–H and O–H groups in total. The molecule has 1 aliphatic heterocycles. The van der Waals surface area contributed by atoms with Gasteiger partial charge in [-0.25, -0.2) is 0 Å². The topological polar surface area (TPSA) is 34.0 Å². The van der Waals surface area contributed by atoms with Gasteiger partial charge in [-0.3, -0.25) is 9.47 Å². The quantitative estimate of drug-likeness (QED) is 0.474. The molecule has 3 aromatic rings. The lowest BCUT2D eigenvalue weighted by Gasteiger charge is -2.26. The van der Waals surface area contributed by atoms with Gasteiger partial charge in [0.15, 0.2) is 11.0 Å². The van der Waals surface area contributed by atoms with E-state index in [1.54, 1.807) is 23.1 Å². The van der Waals surface area contributed by atoms with E-state index in [-0.39, 0.29) is 0 Å². The highest BCUT2D eigenvalue weighted by molar-refractivity contribution is 9.11. The Kier molecular flexibility index (Phi) is 6.09. The summed E-state index contributed by atoms with van der Waals surface area (Å²) in [5.74, 6) is 1.94. The summed E-state index contributed by atoms with van der Waals surface area (Å²) in [6, 6.07) is 14.7. The minimum Gasteiger partial charge on any atom is -0.296 e. The molecule has 1 aliphatic rings. The first-order valence-corrected chi connectivity index (χ1v) is 11.5. The molecule has 0 aliphatic carbocycles. The van der Waals surface area contributed by atoms with Crippen molar-refractivity contribution in [3.05, 3.63) is 57.0 Å². The number of piperidine rings is 1. The highest BCUT2D eigenvalue weighted by Crippen LogP contribution is 2.30. The third-order valence-corrected chi connectivity index (χ3v) is 7.28. The van der Waals surface area contributed by atoms with Crippen molar-refractivity contribution < 1.29 is 0 Å². The fourth-order valence-corrected chi connectivity index (χ4v) is 5.71. The fourth-order valence-electron chi connectivity index (χ4n) is 3.22. The van der Waals surface area contributed by atoms with Crippen molar-refractivity contribution in [3.63, 3.8) is 0 Å². The molecule has 1 fully saturated rings. The SMILES string of the molecule is Brc1ccc(CSc2nnc(CN3CCCCC3)n2-c2ccccc2)s1. The number of para-hydroxylation sites is 1. The average Bonchev–Trinajstić information content (AvgIpc) is 3.27. The fraction of sp³-hybridized carbons (Fsp3) is 0.368. The average molecular weight is 449 g/mol. The number of thiophene rings is 1. The van der Waals surface area contributed by atoms with Crippen LogP contribution in [0.1, 0.15) is 30.0 Å². The van der Waals surface area contributed by atoms with Gasteiger partial charge in [0.1, 0.15) is 0 Å². The number of aromatic nitrogens is 3. The molecule has 26 heavy (non-hydrogen) atoms. The number of hydrogen-bond acceptors (Lipinski definition) is 5. The standard InChI is InChI=1S/C19H21BrN4S2/c20-17-10-9-16(26-17)14-25-19-22-21-18(13-23-11-5-2-6-12-23)24(19)15-7-3-1-4-8-15/h1,3-4,7-10H,2,5-6,11-14H2. The second-order valence-corrected chi connectivity index (χ2v) is 9.89. The van der Waals surface area contributed by atoms with Crippen LogP contribution in [-0.2, 0) is 12.3 Å². The minimum atomic E-state index is 0.868. The van der Waals surface area contributed by atoms with Gasteiger partial charge in [-0.1, -0.05) is 36.4 Å². The second kappa shape index (κ2) is 8.69. The van der Waals surface area contributed by atoms with Gasteiger partial charge in [-0.2, -0.15) is 0 Å². The highest BCUT2D eigenvalue weighted by Gasteiger charge is 2.18. The Labute approximate surface area is 170 Å². The van der Waals surface area contributed by atoms with Crippen LogP contribution in [0.15, 0.2) is 51.4 Å². The maximum Gasteiger partial charge on any atom is 0.196 e. The number of thioether (sulfide) groups is 1. The van der Waals surface area contributed by atoms with E-state index in [1.807, 2.05) is 6.07 Å². The first-order chi connectivity index (χ1) is 12.8. The van der Waals surface area contributed by atoms with Crippen molar-refractivity contribution in [3.8, 4) is 5.69 Å². The number of halogens is 1. The lowest BCUT2D eigenvalue weighted by atomic mass is 10.1. The maximum absolute atomic E-state index is 4.55. The molecule has 1 aromatic carbocycles. The lowest BCUT2D eigenvalue weighted by Crippen LogP contribution is -2.30. The Morgan fingerprint density at radius 3 is 2.54 bits per heavy atom. The first kappa shape index (κ1) is 18.2. The normalized spacial score (nSPS) is 15.4. The Hall–Kier alpha value is -1.15. The summed E-state index contributed by atoms with van der Waals surface area (Å²) in [7, 11) is 0. The van der Waals surface area contributed by atoms with Crippen molar-refractivity contribution in [2.24, 2.45) is 0 Å². The third-order valence-electron chi connectivity index (χ3n) is 4.50. The Bertz CT molecular complexity index is 840. The van der Waals surface area contributed by atoms with Crippen LogP contribution in [0.25, 0.3) is 5.69 Å². The summed E-state index contributed by atoms with van der Waals surface area (Å²) >= 11 is 7.07. The van der Waals surface area contributed by atoms with Crippen molar-refractivity contribution >= 4 is 39.0 Å². The molecular formula is C19H21BrN4S2. The van der Waals surface area contributed by atoms with Gasteiger partial charge in [0.05, 0.1) is 10.3 Å². The summed E-state index contributed by atoms with van der Waals surface area (Å²) in [5, 5.41) is 10.0. The van der Waals surface area contributed by atoms with Crippen LogP contribution in [-0.4, -0.2) is 32.8 Å². The van der Waals surface area contributed by atoms with Gasteiger partial charge in [0.2, 0.25) is 0 Å². The van der Waals surface area contributed by atoms with E-state index in [2.05, 4.69) is 72.0 Å². The largest absolute Gasteiger partial charge is 0.296 e. The molecule has 2 aromatic heterocycles. The van der Waals surface area contributed by atoms with E-state index < -0.39 is 0 Å². The number of likely N-dealkylation sites (tertiary alicyclic amines) is 1. The molecule has 0 saturated carbocycles. The van der Waals surface area contributed by atoms with Gasteiger partial charge < -0.3 is 0 Å². The molecule has 0 amide bonds. The molecule has 0 radical (unpaired) electrons. The molecule has 3 heterocycles. The smallest absolute Gasteiger partial charge is 0.196 e. The van der Waals surface area contributed by atoms with E-state index in [4.69, 9.17) is 0 Å². The van der Waals surface area contributed by atoms with E-state index >= 15 is 0 Å². The zero-order valence-electron chi connectivity index (χ0n) is 14.5. The van der Waals surface area contributed by atoms with Crippen LogP contribution in [0.5, 0.6) is 0 Å². The Balaban J connectivity index is 1.58. The first-order valence-electron chi connectivity index (χ1n) is 8.89. The van der Waals surface area contributed by atoms with Crippen molar-refractivity contribution in [1.82, 2.24) is 19.7 Å². The summed E-state index contributed by atoms with van der Waals surface area (Å²) in [4.78, 5) is 3.83. The van der Waals surface area contributed by atoms with Gasteiger partial charge in [0, 0.05) is 16.3 Å². The maximum atomic E-state index is 4.55. The van der Waals surface area contributed by atoms with Crippen LogP contribution in [0.2, 0.25) is 0 Å². The molecule has 1 saturated heterocycles. The number of benzene rings is 1. The van der Waals surface area contributed by atoms with E-state index in [0.29, 0.717) is 0 Å². The summed E-state index contributed by atoms with van der Waals surface area (Å²) in [5.41, 5.74) is 1.14. The number of rotatable bonds is 6. The summed E-state index contributed by atoms with van der Waals surface area (Å²) < 4.78 is 3.39. The number of hydrogen-bond donors (Lipinski definition) is 0. The van der Waals surface area contributed by atoms with Crippen LogP contribution < -0.4 is 0 Å². The van der Waals surface area contributed by atoms with Gasteiger partial charge in [-0.15, -0.1) is 21.5 Å². The lowest BCUT2D eigenvalue weighted by molar-refractivity contribution is 0.214. The van der Waals surface area contributed by atoms with E-state index in [0.717, 1.165) is 42.1 Å². The van der Waals surface area contributed by atoms with E-state index in [1.165, 1.54) is 27.9 Å². The Morgan fingerprint density at radius 1 is 1.00 bits per heavy atom. The van der Waals surface area contributed by atoms with Crippen molar-refractivity contribution in [2.45, 2.75) is 36.7 Å². The second-order valence-electron chi connectivity index (χ2n) is 6.40. The van der Waals surface area contributed by atoms with Gasteiger partial charge in [0.25, 0.3) is 0 Å². The Morgan fingerprint density at radius 2 is 1.81 bits per heavy atom. The highest BCUT2D eigenvalue weighted by atomic mass is 79.9. The predicted molar refractivity (Wildman–Crippen MR) is 112 cm³/mol. The van der Waals surface area contributed by atoms with Crippen LogP contribution in [0.4, 0.5) is 0 Å². The van der Waals surface area contributed by atoms with Crippen LogP contribution in [0, 0.1) is 0 Å². The minimum absolute atomic E-state index is 0.868. The molecule has 4 nitrogen and oxygen atoms in total. The van der Waals surface area contributed by atoms with Crippen molar-refractivity contribution in [1.29, 1.82) is 0 Å². The molecule has 0 unspecified atom stereocenters. The summed E-state index contributed by atoms with van der Waals surface area (Å²) in [6.45, 7) is 3.19. The third kappa shape index (κ3) is 4.39. The van der Waals surface area contributed by atoms with E-state index in [9.17, 15) is 0 Å². The van der Waals surface area contributed by atoms with Gasteiger partial charge >= 0.3 is 0 Å². The zero-order valence-corrected chi connectivity index (χ0v) is 17.7. The van der Waals surface area contributed by atoms with Gasteiger partial charge in [-0.05, 0) is 66.1 Å². The van der Waals surface area contributed by atoms with Crippen molar-refractivity contribution in [2.75, 3.05) is 13.1 Å². The molecule has 7 heteroatoms. The molecular weight excluding hydrogens is 428 g/mol. The molecule has 0 atom stereocenters. The van der Waals surface area contributed by atoms with Crippen LogP contribution >= 0.6 is 39.0 Å². The molecule has 4 rings (SSSR count). The predicted octanol–water partition coefficient (Wildman–Crippen LogP) is 5.37. The number of nitrogens with zero attached hydrogens (tertiary/aromatic N) is 4. The molecule has 0 spiro atoms.